The van der Waals surface area contributed by atoms with Crippen molar-refractivity contribution in [1.82, 2.24) is 4.98 Å². The van der Waals surface area contributed by atoms with Crippen molar-refractivity contribution in [3.63, 3.8) is 0 Å². The number of pyridine rings is 1. The second-order valence-electron chi connectivity index (χ2n) is 2.61. The zero-order valence-corrected chi connectivity index (χ0v) is 12.8. The Kier molecular flexibility index (Phi) is 12.2. The van der Waals surface area contributed by atoms with Crippen molar-refractivity contribution in [2.24, 2.45) is 0 Å². The van der Waals surface area contributed by atoms with E-state index in [4.69, 9.17) is 0 Å². The number of thiol groups is 2. The molecule has 0 radical (unpaired) electrons. The van der Waals surface area contributed by atoms with E-state index in [1.807, 2.05) is 0 Å². The van der Waals surface area contributed by atoms with Gasteiger partial charge in [-0.1, -0.05) is 6.07 Å². The van der Waals surface area contributed by atoms with Crippen LogP contribution in [0.3, 0.4) is 0 Å². The van der Waals surface area contributed by atoms with Gasteiger partial charge >= 0.3 is 33.3 Å². The molecule has 0 aliphatic heterocycles. The first-order chi connectivity index (χ1) is 7.28. The number of nitrogens with zero attached hydrogens (tertiary/aromatic N) is 1. The molecule has 0 aliphatic carbocycles. The van der Waals surface area contributed by atoms with Crippen molar-refractivity contribution >= 4 is 43.7 Å². The Morgan fingerprint density at radius 1 is 1.13 bits per heavy atom. The predicted octanol–water partition coefficient (Wildman–Crippen LogP) is 2.35. The van der Waals surface area contributed by atoms with Crippen LogP contribution in [0.4, 0.5) is 0 Å². The summed E-state index contributed by atoms with van der Waals surface area (Å²) in [6, 6.07) is 6.31. The van der Waals surface area contributed by atoms with Crippen LogP contribution in [0, 0.1) is 0 Å². The number of rotatable bonds is 4. The third-order valence-corrected chi connectivity index (χ3v) is 2.79. The van der Waals surface area contributed by atoms with Crippen LogP contribution in [0.15, 0.2) is 18.2 Å². The summed E-state index contributed by atoms with van der Waals surface area (Å²) in [5.74, 6) is 2.16. The summed E-state index contributed by atoms with van der Waals surface area (Å²) in [7, 11) is 9.34. The van der Waals surface area contributed by atoms with E-state index in [1.54, 1.807) is 0 Å². The molecule has 0 atom stereocenters. The molecule has 15 heavy (non-hydrogen) atoms. The normalized spacial score (nSPS) is 9.60. The van der Waals surface area contributed by atoms with Gasteiger partial charge in [0.05, 0.1) is 23.9 Å². The number of halogens is 2. The molecule has 1 heterocycles. The van der Waals surface area contributed by atoms with Gasteiger partial charge in [-0.25, -0.2) is 4.98 Å². The summed E-state index contributed by atoms with van der Waals surface area (Å²) in [6.07, 6.45) is 4.32. The molecule has 0 aromatic carbocycles. The summed E-state index contributed by atoms with van der Waals surface area (Å²) < 4.78 is 0. The minimum atomic E-state index is 0.757. The quantitative estimate of drug-likeness (QED) is 0.467. The average molecular weight is 336 g/mol. The van der Waals surface area contributed by atoms with Crippen LogP contribution in [0.2, 0.25) is 0 Å². The Morgan fingerprint density at radius 2 is 1.53 bits per heavy atom. The monoisotopic (exact) mass is 334 g/mol. The fraction of sp³-hybridized carbons (Fsp3) is 0.444. The molecule has 0 spiro atoms. The van der Waals surface area contributed by atoms with Crippen LogP contribution in [-0.2, 0) is 48.2 Å². The fourth-order valence-corrected chi connectivity index (χ4v) is 2.03. The van der Waals surface area contributed by atoms with Gasteiger partial charge in [-0.15, -0.1) is 0 Å². The Labute approximate surface area is 115 Å². The van der Waals surface area contributed by atoms with Crippen LogP contribution in [-0.4, -0.2) is 17.5 Å². The molecule has 0 amide bonds. The molecule has 0 saturated carbocycles. The molecule has 0 N–H and O–H groups in total. The third kappa shape index (κ3) is 8.73. The summed E-state index contributed by atoms with van der Waals surface area (Å²) in [5, 5.41) is 0. The standard InChI is InChI=1S/C9H13NS2.2ClH.Cu/c1-11-6-8-4-3-5-9(10-8)7-12-2;;;/h3-5H,6-7H2,1-2H3;2*1H;/q;;;+2. The van der Waals surface area contributed by atoms with E-state index >= 15 is 0 Å². The Morgan fingerprint density at radius 3 is 1.87 bits per heavy atom. The van der Waals surface area contributed by atoms with Crippen LogP contribution in [0.25, 0.3) is 0 Å². The number of hydrogen-bond acceptors (Lipinski definition) is 1. The van der Waals surface area contributed by atoms with E-state index < -0.39 is 0 Å². The van der Waals surface area contributed by atoms with Gasteiger partial charge < -0.3 is 0 Å². The van der Waals surface area contributed by atoms with Gasteiger partial charge in [0.25, 0.3) is 0 Å². The van der Waals surface area contributed by atoms with Gasteiger partial charge in [-0.2, -0.15) is 0 Å². The van der Waals surface area contributed by atoms with Gasteiger partial charge in [0.2, 0.25) is 0 Å². The third-order valence-electron chi connectivity index (χ3n) is 1.50. The van der Waals surface area contributed by atoms with Crippen LogP contribution >= 0.6 is 20.2 Å². The first kappa shape index (κ1) is 15.9. The first-order valence-corrected chi connectivity index (χ1v) is 9.80. The van der Waals surface area contributed by atoms with E-state index in [-0.39, 0.29) is 0 Å². The van der Waals surface area contributed by atoms with Crippen molar-refractivity contribution in [1.29, 1.82) is 0 Å². The predicted molar refractivity (Wildman–Crippen MR) is 72.7 cm³/mol. The van der Waals surface area contributed by atoms with Gasteiger partial charge in [-0.3, -0.25) is 0 Å². The molecule has 91 valence electrons. The Hall–Kier alpha value is 0.949. The zero-order valence-electron chi connectivity index (χ0n) is 8.55. The second-order valence-corrected chi connectivity index (χ2v) is 6.06. The maximum absolute atomic E-state index is 4.67. The fourth-order valence-electron chi connectivity index (χ4n) is 1.03. The average Bonchev–Trinajstić information content (AvgIpc) is 2.20. The van der Waals surface area contributed by atoms with Crippen molar-refractivity contribution in [3.8, 4) is 0 Å². The van der Waals surface area contributed by atoms with E-state index in [0.717, 1.165) is 24.6 Å². The molecule has 0 aliphatic rings. The summed E-state index contributed by atoms with van der Waals surface area (Å²) in [5.41, 5.74) is 2.45. The van der Waals surface area contributed by atoms with E-state index in [9.17, 15) is 0 Å². The van der Waals surface area contributed by atoms with Gasteiger partial charge in [0.15, 0.2) is 0 Å². The topological polar surface area (TPSA) is 12.9 Å². The molecule has 0 fully saturated rings. The molecule has 6 heteroatoms. The van der Waals surface area contributed by atoms with Crippen LogP contribution in [0.1, 0.15) is 11.4 Å². The molecule has 0 bridgehead atoms. The molecule has 1 nitrogen and oxygen atoms in total. The molecule has 1 rings (SSSR count). The van der Waals surface area contributed by atoms with Crippen LogP contribution in [0.5, 0.6) is 0 Å². The molecule has 0 unspecified atom stereocenters. The van der Waals surface area contributed by atoms with Gasteiger partial charge in [0.1, 0.15) is 11.5 Å². The minimum absolute atomic E-state index is 0.757. The van der Waals surface area contributed by atoms with E-state index in [0.29, 0.717) is 0 Å². The molecule has 1 aromatic heterocycles. The zero-order chi connectivity index (χ0) is 11.5. The molecular weight excluding hydrogens is 321 g/mol. The van der Waals surface area contributed by atoms with E-state index in [2.05, 4.69) is 55.9 Å². The Balaban J connectivity index is 0.000000583. The molecular formula is C9H15Cl2CuNS2+2. The molecule has 0 saturated heterocycles. The van der Waals surface area contributed by atoms with Gasteiger partial charge in [0, 0.05) is 0 Å². The summed E-state index contributed by atoms with van der Waals surface area (Å²) >= 11 is 3.54. The summed E-state index contributed by atoms with van der Waals surface area (Å²) in [4.78, 5) is 4.54. The van der Waals surface area contributed by atoms with Gasteiger partial charge in [-0.05, 0) is 35.7 Å². The van der Waals surface area contributed by atoms with E-state index in [1.165, 1.54) is 34.9 Å². The number of aromatic nitrogens is 1. The summed E-state index contributed by atoms with van der Waals surface area (Å²) in [6.45, 7) is 0. The maximum atomic E-state index is 4.67. The van der Waals surface area contributed by atoms with Crippen molar-refractivity contribution < 1.29 is 13.1 Å². The number of hydrogen-bond donors (Lipinski definition) is 0. The van der Waals surface area contributed by atoms with Crippen molar-refractivity contribution in [2.75, 3.05) is 12.5 Å². The van der Waals surface area contributed by atoms with Crippen molar-refractivity contribution in [3.05, 3.63) is 29.6 Å². The van der Waals surface area contributed by atoms with Crippen molar-refractivity contribution in [2.45, 2.75) is 11.5 Å². The Bertz CT molecular complexity index is 242. The second kappa shape index (κ2) is 11.4. The SMILES string of the molecule is C[SH+]Cc1cccc(C[SH+]C)n1.[Cl][Cu][Cl]. The van der Waals surface area contributed by atoms with Crippen LogP contribution < -0.4 is 0 Å². The first-order valence-electron chi connectivity index (χ1n) is 4.15. The molecule has 1 aromatic rings.